The molecule has 1 aliphatic rings. The van der Waals surface area contributed by atoms with E-state index >= 15 is 0 Å². The van der Waals surface area contributed by atoms with Gasteiger partial charge in [-0.05, 0) is 60.9 Å². The van der Waals surface area contributed by atoms with Crippen LogP contribution in [-0.2, 0) is 17.8 Å². The molecular formula is C26H26N2O3. The zero-order valence-corrected chi connectivity index (χ0v) is 18.0. The molecule has 2 amide bonds. The SMILES string of the molecule is COc1ccc(CNC(=O)[C@]2(C)Cc3ccccc3C(=O)N2c2cccc(C)c2)cc1. The molecule has 5 nitrogen and oxygen atoms in total. The number of fused-ring (bicyclic) bond motifs is 1. The summed E-state index contributed by atoms with van der Waals surface area (Å²) >= 11 is 0. The Morgan fingerprint density at radius 1 is 1.06 bits per heavy atom. The fourth-order valence-electron chi connectivity index (χ4n) is 4.14. The Morgan fingerprint density at radius 3 is 2.52 bits per heavy atom. The Balaban J connectivity index is 1.67. The normalized spacial score (nSPS) is 17.8. The first-order chi connectivity index (χ1) is 14.9. The molecule has 5 heteroatoms. The quantitative estimate of drug-likeness (QED) is 0.678. The molecule has 3 aromatic rings. The lowest BCUT2D eigenvalue weighted by molar-refractivity contribution is -0.126. The van der Waals surface area contributed by atoms with E-state index in [-0.39, 0.29) is 11.8 Å². The maximum Gasteiger partial charge on any atom is 0.259 e. The average molecular weight is 415 g/mol. The van der Waals surface area contributed by atoms with Crippen LogP contribution in [0.5, 0.6) is 5.75 Å². The molecule has 1 N–H and O–H groups in total. The third kappa shape index (κ3) is 3.91. The second-order valence-electron chi connectivity index (χ2n) is 8.12. The van der Waals surface area contributed by atoms with Crippen LogP contribution in [0.4, 0.5) is 5.69 Å². The lowest BCUT2D eigenvalue weighted by atomic mass is 9.82. The first kappa shape index (κ1) is 20.7. The molecule has 0 fully saturated rings. The van der Waals surface area contributed by atoms with Crippen molar-refractivity contribution in [3.8, 4) is 5.75 Å². The van der Waals surface area contributed by atoms with Crippen molar-refractivity contribution in [2.24, 2.45) is 0 Å². The van der Waals surface area contributed by atoms with E-state index in [1.54, 1.807) is 12.0 Å². The molecule has 1 heterocycles. The molecule has 4 rings (SSSR count). The number of nitrogens with zero attached hydrogens (tertiary/aromatic N) is 1. The lowest BCUT2D eigenvalue weighted by Crippen LogP contribution is -2.63. The Labute approximate surface area is 182 Å². The lowest BCUT2D eigenvalue weighted by Gasteiger charge is -2.44. The Hall–Kier alpha value is -3.60. The number of carbonyl (C=O) groups excluding carboxylic acids is 2. The van der Waals surface area contributed by atoms with Gasteiger partial charge in [0.25, 0.3) is 5.91 Å². The molecule has 0 saturated heterocycles. The standard InChI is InChI=1S/C26H26N2O3/c1-18-7-6-9-21(15-18)28-24(29)23-10-5-4-8-20(23)16-26(28,2)25(30)27-17-19-11-13-22(31-3)14-12-19/h4-15H,16-17H2,1-3H3,(H,27,30)/t26-/m0/s1. The van der Waals surface area contributed by atoms with E-state index in [0.29, 0.717) is 18.5 Å². The third-order valence-corrected chi connectivity index (χ3v) is 5.84. The van der Waals surface area contributed by atoms with E-state index in [1.165, 1.54) is 0 Å². The van der Waals surface area contributed by atoms with Gasteiger partial charge in [-0.2, -0.15) is 0 Å². The fraction of sp³-hybridized carbons (Fsp3) is 0.231. The summed E-state index contributed by atoms with van der Waals surface area (Å²) in [6.07, 6.45) is 0.442. The molecule has 0 aliphatic carbocycles. The largest absolute Gasteiger partial charge is 0.497 e. The number of ether oxygens (including phenoxy) is 1. The van der Waals surface area contributed by atoms with Gasteiger partial charge in [0.05, 0.1) is 7.11 Å². The van der Waals surface area contributed by atoms with Gasteiger partial charge in [0, 0.05) is 24.2 Å². The number of hydrogen-bond donors (Lipinski definition) is 1. The van der Waals surface area contributed by atoms with E-state index in [2.05, 4.69) is 5.32 Å². The van der Waals surface area contributed by atoms with Gasteiger partial charge >= 0.3 is 0 Å². The Kier molecular flexibility index (Phi) is 5.51. The van der Waals surface area contributed by atoms with Crippen molar-refractivity contribution in [1.82, 2.24) is 5.32 Å². The van der Waals surface area contributed by atoms with Gasteiger partial charge < -0.3 is 10.1 Å². The first-order valence-electron chi connectivity index (χ1n) is 10.3. The first-order valence-corrected chi connectivity index (χ1v) is 10.3. The van der Waals surface area contributed by atoms with Crippen molar-refractivity contribution in [3.05, 3.63) is 95.1 Å². The third-order valence-electron chi connectivity index (χ3n) is 5.84. The maximum atomic E-state index is 13.5. The number of amides is 2. The molecule has 1 atom stereocenters. The predicted octanol–water partition coefficient (Wildman–Crippen LogP) is 4.28. The molecule has 0 spiro atoms. The summed E-state index contributed by atoms with van der Waals surface area (Å²) < 4.78 is 5.19. The smallest absolute Gasteiger partial charge is 0.259 e. The molecule has 158 valence electrons. The van der Waals surface area contributed by atoms with Crippen molar-refractivity contribution < 1.29 is 14.3 Å². The van der Waals surface area contributed by atoms with Gasteiger partial charge in [-0.1, -0.05) is 42.5 Å². The minimum Gasteiger partial charge on any atom is -0.497 e. The number of aryl methyl sites for hydroxylation is 1. The van der Waals surface area contributed by atoms with Gasteiger partial charge in [-0.3, -0.25) is 14.5 Å². The molecule has 0 radical (unpaired) electrons. The summed E-state index contributed by atoms with van der Waals surface area (Å²) in [5, 5.41) is 3.04. The number of benzene rings is 3. The highest BCUT2D eigenvalue weighted by atomic mass is 16.5. The van der Waals surface area contributed by atoms with Gasteiger partial charge in [-0.15, -0.1) is 0 Å². The molecule has 3 aromatic carbocycles. The molecule has 31 heavy (non-hydrogen) atoms. The topological polar surface area (TPSA) is 58.6 Å². The van der Waals surface area contributed by atoms with Crippen LogP contribution < -0.4 is 15.0 Å². The Bertz CT molecular complexity index is 1120. The average Bonchev–Trinajstić information content (AvgIpc) is 2.78. The second kappa shape index (κ2) is 8.26. The predicted molar refractivity (Wildman–Crippen MR) is 121 cm³/mol. The molecule has 0 saturated carbocycles. The van der Waals surface area contributed by atoms with E-state index in [0.717, 1.165) is 28.1 Å². The maximum absolute atomic E-state index is 13.5. The molecule has 0 unspecified atom stereocenters. The highest BCUT2D eigenvalue weighted by molar-refractivity contribution is 6.14. The summed E-state index contributed by atoms with van der Waals surface area (Å²) in [5.41, 5.74) is 3.20. The van der Waals surface area contributed by atoms with Crippen LogP contribution in [0.15, 0.2) is 72.8 Å². The zero-order chi connectivity index (χ0) is 22.0. The van der Waals surface area contributed by atoms with Gasteiger partial charge in [0.2, 0.25) is 5.91 Å². The Morgan fingerprint density at radius 2 is 1.81 bits per heavy atom. The number of hydrogen-bond acceptors (Lipinski definition) is 3. The molecule has 1 aliphatic heterocycles. The van der Waals surface area contributed by atoms with Crippen molar-refractivity contribution in [1.29, 1.82) is 0 Å². The second-order valence-corrected chi connectivity index (χ2v) is 8.12. The van der Waals surface area contributed by atoms with E-state index < -0.39 is 5.54 Å². The van der Waals surface area contributed by atoms with Gasteiger partial charge in [0.1, 0.15) is 11.3 Å². The van der Waals surface area contributed by atoms with Gasteiger partial charge in [-0.25, -0.2) is 0 Å². The van der Waals surface area contributed by atoms with Crippen molar-refractivity contribution in [2.45, 2.75) is 32.4 Å². The van der Waals surface area contributed by atoms with Crippen molar-refractivity contribution >= 4 is 17.5 Å². The van der Waals surface area contributed by atoms with Crippen LogP contribution in [-0.4, -0.2) is 24.5 Å². The number of carbonyl (C=O) groups is 2. The van der Waals surface area contributed by atoms with Gasteiger partial charge in [0.15, 0.2) is 0 Å². The van der Waals surface area contributed by atoms with E-state index in [1.807, 2.05) is 86.6 Å². The van der Waals surface area contributed by atoms with Crippen LogP contribution in [0, 0.1) is 6.92 Å². The molecular weight excluding hydrogens is 388 g/mol. The minimum absolute atomic E-state index is 0.158. The van der Waals surface area contributed by atoms with Crippen molar-refractivity contribution in [3.63, 3.8) is 0 Å². The fourth-order valence-corrected chi connectivity index (χ4v) is 4.14. The minimum atomic E-state index is -1.05. The van der Waals surface area contributed by atoms with E-state index in [4.69, 9.17) is 4.74 Å². The number of methoxy groups -OCH3 is 1. The van der Waals surface area contributed by atoms with Crippen LogP contribution in [0.3, 0.4) is 0 Å². The van der Waals surface area contributed by atoms with Crippen LogP contribution in [0.1, 0.15) is 34.0 Å². The van der Waals surface area contributed by atoms with Crippen molar-refractivity contribution in [2.75, 3.05) is 12.0 Å². The molecule has 0 aromatic heterocycles. The summed E-state index contributed by atoms with van der Waals surface area (Å²) in [6.45, 7) is 4.19. The van der Waals surface area contributed by atoms with Crippen LogP contribution >= 0.6 is 0 Å². The highest BCUT2D eigenvalue weighted by Gasteiger charge is 2.47. The summed E-state index contributed by atoms with van der Waals surface area (Å²) in [7, 11) is 1.62. The monoisotopic (exact) mass is 414 g/mol. The highest BCUT2D eigenvalue weighted by Crippen LogP contribution is 2.35. The number of nitrogens with one attached hydrogen (secondary N) is 1. The number of anilines is 1. The summed E-state index contributed by atoms with van der Waals surface area (Å²) in [5.74, 6) is 0.421. The number of rotatable bonds is 5. The van der Waals surface area contributed by atoms with Crippen LogP contribution in [0.2, 0.25) is 0 Å². The zero-order valence-electron chi connectivity index (χ0n) is 18.0. The van der Waals surface area contributed by atoms with E-state index in [9.17, 15) is 9.59 Å². The van der Waals surface area contributed by atoms with Crippen LogP contribution in [0.25, 0.3) is 0 Å². The summed E-state index contributed by atoms with van der Waals surface area (Å²) in [4.78, 5) is 28.7. The summed E-state index contributed by atoms with van der Waals surface area (Å²) in [6, 6.07) is 22.8. The molecule has 0 bridgehead atoms.